The smallest absolute Gasteiger partial charge is 0.256 e. The molecule has 1 amide bonds. The standard InChI is InChI=1S/C13H15NO2S/c15-12-10-5-1-2-6-11(10)13(16)9-17-8-4-3-7-14(12)13/h1-2,5-6,16H,3-4,7-9H2. The third-order valence-electron chi connectivity index (χ3n) is 3.50. The monoisotopic (exact) mass is 249 g/mol. The van der Waals surface area contributed by atoms with Crippen LogP contribution in [0.1, 0.15) is 28.8 Å². The van der Waals surface area contributed by atoms with E-state index in [2.05, 4.69) is 0 Å². The Morgan fingerprint density at radius 3 is 3.00 bits per heavy atom. The minimum Gasteiger partial charge on any atom is -0.366 e. The molecule has 3 nitrogen and oxygen atoms in total. The number of thioether (sulfide) groups is 1. The molecule has 1 atom stereocenters. The molecule has 0 aliphatic carbocycles. The quantitative estimate of drug-likeness (QED) is 0.762. The lowest BCUT2D eigenvalue weighted by Gasteiger charge is -2.35. The molecule has 1 aromatic rings. The van der Waals surface area contributed by atoms with Gasteiger partial charge >= 0.3 is 0 Å². The van der Waals surface area contributed by atoms with Crippen LogP contribution in [0, 0.1) is 0 Å². The maximum absolute atomic E-state index is 12.3. The van der Waals surface area contributed by atoms with E-state index < -0.39 is 5.72 Å². The van der Waals surface area contributed by atoms with Crippen LogP contribution in [0.2, 0.25) is 0 Å². The molecule has 1 unspecified atom stereocenters. The van der Waals surface area contributed by atoms with E-state index in [1.165, 1.54) is 0 Å². The molecule has 17 heavy (non-hydrogen) atoms. The summed E-state index contributed by atoms with van der Waals surface area (Å²) in [5.41, 5.74) is 0.357. The number of amides is 1. The Bertz CT molecular complexity index is 462. The van der Waals surface area contributed by atoms with Gasteiger partial charge in [0.1, 0.15) is 0 Å². The predicted octanol–water partition coefficient (Wildman–Crippen LogP) is 1.81. The van der Waals surface area contributed by atoms with Gasteiger partial charge in [0.15, 0.2) is 5.72 Å². The van der Waals surface area contributed by atoms with Gasteiger partial charge in [0.2, 0.25) is 0 Å². The Morgan fingerprint density at radius 1 is 1.29 bits per heavy atom. The van der Waals surface area contributed by atoms with E-state index in [0.717, 1.165) is 24.2 Å². The molecule has 0 saturated carbocycles. The summed E-state index contributed by atoms with van der Waals surface area (Å²) in [7, 11) is 0. The maximum Gasteiger partial charge on any atom is 0.256 e. The number of carbonyl (C=O) groups excluding carboxylic acids is 1. The van der Waals surface area contributed by atoms with E-state index in [4.69, 9.17) is 0 Å². The van der Waals surface area contributed by atoms with Gasteiger partial charge in [0.05, 0.1) is 0 Å². The van der Waals surface area contributed by atoms with Gasteiger partial charge < -0.3 is 10.0 Å². The molecule has 1 fully saturated rings. The summed E-state index contributed by atoms with van der Waals surface area (Å²) < 4.78 is 0. The fraction of sp³-hybridized carbons (Fsp3) is 0.462. The normalized spacial score (nSPS) is 28.3. The molecule has 4 heteroatoms. The molecule has 2 aliphatic heterocycles. The van der Waals surface area contributed by atoms with Gasteiger partial charge in [-0.1, -0.05) is 18.2 Å². The van der Waals surface area contributed by atoms with Gasteiger partial charge in [-0.2, -0.15) is 11.8 Å². The number of benzene rings is 1. The first-order chi connectivity index (χ1) is 8.23. The Kier molecular flexibility index (Phi) is 2.64. The Morgan fingerprint density at radius 2 is 2.12 bits per heavy atom. The second-order valence-corrected chi connectivity index (χ2v) is 5.68. The maximum atomic E-state index is 12.3. The fourth-order valence-corrected chi connectivity index (χ4v) is 3.76. The van der Waals surface area contributed by atoms with Crippen LogP contribution < -0.4 is 0 Å². The molecular formula is C13H15NO2S. The first-order valence-electron chi connectivity index (χ1n) is 5.95. The number of fused-ring (bicyclic) bond motifs is 3. The number of carbonyl (C=O) groups is 1. The summed E-state index contributed by atoms with van der Waals surface area (Å²) in [5.74, 6) is 1.62. The highest BCUT2D eigenvalue weighted by Crippen LogP contribution is 2.40. The van der Waals surface area contributed by atoms with Gasteiger partial charge in [0, 0.05) is 23.4 Å². The van der Waals surface area contributed by atoms with Crippen molar-refractivity contribution in [2.75, 3.05) is 18.1 Å². The molecule has 1 saturated heterocycles. The minimum absolute atomic E-state index is 0.0226. The summed E-state index contributed by atoms with van der Waals surface area (Å²) in [6.07, 6.45) is 2.08. The lowest BCUT2D eigenvalue weighted by atomic mass is 10.0. The number of hydrogen-bond donors (Lipinski definition) is 1. The van der Waals surface area contributed by atoms with Crippen molar-refractivity contribution >= 4 is 17.7 Å². The first kappa shape index (κ1) is 11.1. The molecule has 0 bridgehead atoms. The second-order valence-electron chi connectivity index (χ2n) is 4.58. The Labute approximate surface area is 105 Å². The highest BCUT2D eigenvalue weighted by molar-refractivity contribution is 7.99. The van der Waals surface area contributed by atoms with Crippen molar-refractivity contribution < 1.29 is 9.90 Å². The van der Waals surface area contributed by atoms with Crippen LogP contribution in [0.3, 0.4) is 0 Å². The second kappa shape index (κ2) is 4.03. The SMILES string of the molecule is O=C1c2ccccc2C2(O)CSCCCCN12. The summed E-state index contributed by atoms with van der Waals surface area (Å²) in [5, 5.41) is 10.8. The molecule has 1 N–H and O–H groups in total. The van der Waals surface area contributed by atoms with Crippen molar-refractivity contribution in [1.82, 2.24) is 4.90 Å². The van der Waals surface area contributed by atoms with Crippen molar-refractivity contribution in [2.45, 2.75) is 18.6 Å². The third-order valence-corrected chi connectivity index (χ3v) is 4.69. The summed E-state index contributed by atoms with van der Waals surface area (Å²) in [6.45, 7) is 0.657. The summed E-state index contributed by atoms with van der Waals surface area (Å²) in [4.78, 5) is 13.9. The zero-order valence-electron chi connectivity index (χ0n) is 9.56. The third kappa shape index (κ3) is 1.58. The van der Waals surface area contributed by atoms with Gasteiger partial charge in [-0.05, 0) is 24.7 Å². The first-order valence-corrected chi connectivity index (χ1v) is 7.10. The lowest BCUT2D eigenvalue weighted by molar-refractivity contribution is -0.0653. The van der Waals surface area contributed by atoms with Gasteiger partial charge in [-0.25, -0.2) is 0 Å². The van der Waals surface area contributed by atoms with Crippen molar-refractivity contribution in [3.05, 3.63) is 35.4 Å². The van der Waals surface area contributed by atoms with Gasteiger partial charge in [0.25, 0.3) is 5.91 Å². The number of hydrogen-bond acceptors (Lipinski definition) is 3. The predicted molar refractivity (Wildman–Crippen MR) is 67.9 cm³/mol. The molecule has 3 rings (SSSR count). The highest BCUT2D eigenvalue weighted by atomic mass is 32.2. The molecule has 0 aromatic heterocycles. The van der Waals surface area contributed by atoms with E-state index >= 15 is 0 Å². The van der Waals surface area contributed by atoms with Crippen molar-refractivity contribution in [1.29, 1.82) is 0 Å². The largest absolute Gasteiger partial charge is 0.366 e. The fourth-order valence-electron chi connectivity index (χ4n) is 2.61. The van der Waals surface area contributed by atoms with E-state index in [0.29, 0.717) is 17.9 Å². The van der Waals surface area contributed by atoms with Crippen molar-refractivity contribution in [3.8, 4) is 0 Å². The van der Waals surface area contributed by atoms with Crippen LogP contribution in [-0.2, 0) is 5.72 Å². The van der Waals surface area contributed by atoms with Gasteiger partial charge in [-0.15, -0.1) is 0 Å². The molecule has 90 valence electrons. The number of rotatable bonds is 0. The highest BCUT2D eigenvalue weighted by Gasteiger charge is 2.48. The van der Waals surface area contributed by atoms with Crippen LogP contribution in [0.15, 0.2) is 24.3 Å². The molecule has 2 heterocycles. The van der Waals surface area contributed by atoms with Crippen molar-refractivity contribution in [2.24, 2.45) is 0 Å². The van der Waals surface area contributed by atoms with Crippen LogP contribution >= 0.6 is 11.8 Å². The average molecular weight is 249 g/mol. The van der Waals surface area contributed by atoms with Crippen LogP contribution in [0.25, 0.3) is 0 Å². The van der Waals surface area contributed by atoms with Crippen molar-refractivity contribution in [3.63, 3.8) is 0 Å². The van der Waals surface area contributed by atoms with E-state index in [9.17, 15) is 9.90 Å². The summed E-state index contributed by atoms with van der Waals surface area (Å²) in [6, 6.07) is 7.42. The number of nitrogens with zero attached hydrogens (tertiary/aromatic N) is 1. The van der Waals surface area contributed by atoms with Crippen LogP contribution in [0.5, 0.6) is 0 Å². The lowest BCUT2D eigenvalue weighted by Crippen LogP contribution is -2.47. The Hall–Kier alpha value is -1.00. The molecule has 2 aliphatic rings. The summed E-state index contributed by atoms with van der Waals surface area (Å²) >= 11 is 1.73. The van der Waals surface area contributed by atoms with E-state index in [1.807, 2.05) is 24.3 Å². The van der Waals surface area contributed by atoms with E-state index in [1.54, 1.807) is 16.7 Å². The van der Waals surface area contributed by atoms with E-state index in [-0.39, 0.29) is 5.91 Å². The zero-order valence-corrected chi connectivity index (χ0v) is 10.4. The number of aliphatic hydroxyl groups is 1. The molecular weight excluding hydrogens is 234 g/mol. The average Bonchev–Trinajstić information content (AvgIpc) is 2.52. The molecule has 0 spiro atoms. The molecule has 1 aromatic carbocycles. The topological polar surface area (TPSA) is 40.5 Å². The minimum atomic E-state index is -1.08. The molecule has 0 radical (unpaired) electrons. The van der Waals surface area contributed by atoms with Gasteiger partial charge in [-0.3, -0.25) is 4.79 Å². The van der Waals surface area contributed by atoms with Crippen LogP contribution in [0.4, 0.5) is 0 Å². The zero-order chi connectivity index (χ0) is 11.9. The Balaban J connectivity index is 2.09. The van der Waals surface area contributed by atoms with Crippen LogP contribution in [-0.4, -0.2) is 34.0 Å².